The van der Waals surface area contributed by atoms with Gasteiger partial charge in [0.05, 0.1) is 19.3 Å². The Morgan fingerprint density at radius 2 is 1.85 bits per heavy atom. The van der Waals surface area contributed by atoms with E-state index in [1.54, 1.807) is 12.7 Å². The van der Waals surface area contributed by atoms with Crippen LogP contribution in [0.2, 0.25) is 0 Å². The Balaban J connectivity index is 1.25. The van der Waals surface area contributed by atoms with Crippen molar-refractivity contribution in [3.8, 4) is 5.75 Å². The number of anilines is 1. The van der Waals surface area contributed by atoms with E-state index < -0.39 is 0 Å². The van der Waals surface area contributed by atoms with Crippen LogP contribution in [0, 0.1) is 28.6 Å². The van der Waals surface area contributed by atoms with Gasteiger partial charge in [-0.2, -0.15) is 0 Å². The molecule has 2 aliphatic heterocycles. The number of rotatable bonds is 2. The molecule has 2 heterocycles. The molecule has 1 aromatic carbocycles. The van der Waals surface area contributed by atoms with Crippen molar-refractivity contribution < 1.29 is 14.4 Å². The molecule has 1 amide bonds. The van der Waals surface area contributed by atoms with Crippen molar-refractivity contribution in [1.82, 2.24) is 4.90 Å². The van der Waals surface area contributed by atoms with Gasteiger partial charge in [0.25, 0.3) is 0 Å². The summed E-state index contributed by atoms with van der Waals surface area (Å²) in [4.78, 5) is 21.2. The maximum Gasteiger partial charge on any atom is 0.222 e. The summed E-state index contributed by atoms with van der Waals surface area (Å²) in [6.45, 7) is 5.83. The molecule has 5 heteroatoms. The van der Waals surface area contributed by atoms with Crippen molar-refractivity contribution in [2.45, 2.75) is 70.9 Å². The maximum atomic E-state index is 12.4. The highest BCUT2D eigenvalue weighted by atomic mass is 16.7. The highest BCUT2D eigenvalue weighted by Gasteiger charge is 2.62. The van der Waals surface area contributed by atoms with E-state index in [9.17, 15) is 4.79 Å². The zero-order valence-electron chi connectivity index (χ0n) is 20.5. The number of fused-ring (bicyclic) bond motifs is 7. The predicted octanol–water partition coefficient (Wildman–Crippen LogP) is 5.22. The Bertz CT molecular complexity index is 974. The molecule has 0 spiro atoms. The first kappa shape index (κ1) is 21.5. The molecule has 0 bridgehead atoms. The van der Waals surface area contributed by atoms with Crippen LogP contribution in [0.3, 0.4) is 0 Å². The number of benzene rings is 1. The van der Waals surface area contributed by atoms with Gasteiger partial charge in [0.2, 0.25) is 5.91 Å². The summed E-state index contributed by atoms with van der Waals surface area (Å²) in [5, 5.41) is 2.06. The lowest BCUT2D eigenvalue weighted by atomic mass is 9.47. The molecule has 1 saturated heterocycles. The van der Waals surface area contributed by atoms with Crippen LogP contribution in [-0.4, -0.2) is 43.7 Å². The highest BCUT2D eigenvalue weighted by molar-refractivity contribution is 5.77. The molecule has 3 aliphatic carbocycles. The Morgan fingerprint density at radius 1 is 1.06 bits per heavy atom. The van der Waals surface area contributed by atoms with E-state index in [1.165, 1.54) is 19.3 Å². The van der Waals surface area contributed by atoms with Crippen molar-refractivity contribution in [2.24, 2.45) is 28.6 Å². The summed E-state index contributed by atoms with van der Waals surface area (Å²) in [6.07, 6.45) is 10.6. The summed E-state index contributed by atoms with van der Waals surface area (Å²) in [5.41, 5.74) is 3.17. The topological polar surface area (TPSA) is 42.0 Å². The Hall–Kier alpha value is -2.01. The van der Waals surface area contributed by atoms with Crippen molar-refractivity contribution >= 4 is 11.6 Å². The van der Waals surface area contributed by atoms with Crippen molar-refractivity contribution in [3.63, 3.8) is 0 Å². The average molecular weight is 451 g/mol. The van der Waals surface area contributed by atoms with E-state index in [-0.39, 0.29) is 16.9 Å². The van der Waals surface area contributed by atoms with Gasteiger partial charge in [-0.15, -0.1) is 0 Å². The number of piperidine rings is 1. The first-order chi connectivity index (χ1) is 15.8. The maximum absolute atomic E-state index is 12.4. The molecule has 0 radical (unpaired) electrons. The number of amides is 1. The zero-order valence-corrected chi connectivity index (χ0v) is 20.5. The zero-order chi connectivity index (χ0) is 23.0. The summed E-state index contributed by atoms with van der Waals surface area (Å²) >= 11 is 0. The number of nitrogens with zero attached hydrogens (tertiary/aromatic N) is 2. The van der Waals surface area contributed by atoms with E-state index >= 15 is 0 Å². The third-order valence-corrected chi connectivity index (χ3v) is 10.5. The lowest BCUT2D eigenvalue weighted by Crippen LogP contribution is -2.61. The third kappa shape index (κ3) is 3.03. The van der Waals surface area contributed by atoms with E-state index in [0.717, 1.165) is 55.5 Å². The smallest absolute Gasteiger partial charge is 0.222 e. The van der Waals surface area contributed by atoms with Gasteiger partial charge in [-0.05, 0) is 96.9 Å². The largest absolute Gasteiger partial charge is 0.497 e. The number of methoxy groups -OCH3 is 1. The van der Waals surface area contributed by atoms with Gasteiger partial charge in [-0.25, -0.2) is 5.06 Å². The van der Waals surface area contributed by atoms with Crippen molar-refractivity contribution in [2.75, 3.05) is 25.8 Å². The van der Waals surface area contributed by atoms with Gasteiger partial charge < -0.3 is 9.64 Å². The molecule has 0 N–H and O–H groups in total. The molecular weight excluding hydrogens is 412 g/mol. The van der Waals surface area contributed by atoms with Crippen LogP contribution in [0.25, 0.3) is 0 Å². The molecule has 4 fully saturated rings. The van der Waals surface area contributed by atoms with E-state index in [1.807, 2.05) is 19.2 Å². The lowest BCUT2D eigenvalue weighted by molar-refractivity contribution is -0.156. The van der Waals surface area contributed by atoms with Crippen LogP contribution in [0.1, 0.15) is 58.8 Å². The number of hydroxylamine groups is 1. The number of likely N-dealkylation sites (tertiary alicyclic amines) is 1. The van der Waals surface area contributed by atoms with Crippen LogP contribution in [0.5, 0.6) is 5.75 Å². The van der Waals surface area contributed by atoms with Gasteiger partial charge in [-0.3, -0.25) is 9.63 Å². The Labute approximate surface area is 198 Å². The number of ether oxygens (including phenoxy) is 1. The average Bonchev–Trinajstić information content (AvgIpc) is 3.14. The van der Waals surface area contributed by atoms with Crippen LogP contribution in [0.4, 0.5) is 5.69 Å². The van der Waals surface area contributed by atoms with Crippen LogP contribution < -0.4 is 9.80 Å². The van der Waals surface area contributed by atoms with Crippen molar-refractivity contribution in [3.05, 3.63) is 35.9 Å². The fraction of sp³-hybridized carbons (Fsp3) is 0.679. The number of carbonyl (C=O) groups is 1. The minimum absolute atomic E-state index is 0.190. The molecule has 178 valence electrons. The monoisotopic (exact) mass is 450 g/mol. The fourth-order valence-corrected chi connectivity index (χ4v) is 8.75. The Morgan fingerprint density at radius 3 is 2.61 bits per heavy atom. The van der Waals surface area contributed by atoms with E-state index in [4.69, 9.17) is 9.57 Å². The van der Waals surface area contributed by atoms with Gasteiger partial charge in [0, 0.05) is 19.5 Å². The van der Waals surface area contributed by atoms with Gasteiger partial charge in [0.1, 0.15) is 11.9 Å². The lowest BCUT2D eigenvalue weighted by Gasteiger charge is -2.61. The standard InChI is InChI=1S/C28H38N2O3/c1-27-14-11-21-20(9-10-25-28(21,2)15-12-26(31)29(25)3)23(27)17-24-22(27)13-16-30(33-24)18-5-7-19(32-4)8-6-18/h5-8,13,20-21,23-25H,9-12,14-17H2,1-4H3/t20-,21+,23+,24-,25-,27-,28-/m1/s1. The van der Waals surface area contributed by atoms with Gasteiger partial charge in [0.15, 0.2) is 0 Å². The fourth-order valence-electron chi connectivity index (χ4n) is 8.75. The highest BCUT2D eigenvalue weighted by Crippen LogP contribution is 2.66. The van der Waals surface area contributed by atoms with E-state index in [2.05, 4.69) is 42.0 Å². The second-order valence-corrected chi connectivity index (χ2v) is 11.7. The summed E-state index contributed by atoms with van der Waals surface area (Å²) in [5.74, 6) is 3.38. The number of carbonyl (C=O) groups excluding carboxylic acids is 1. The summed E-state index contributed by atoms with van der Waals surface area (Å²) in [7, 11) is 3.75. The molecule has 0 aromatic heterocycles. The van der Waals surface area contributed by atoms with Crippen LogP contribution in [0.15, 0.2) is 35.9 Å². The van der Waals surface area contributed by atoms with Crippen LogP contribution >= 0.6 is 0 Å². The van der Waals surface area contributed by atoms with Gasteiger partial charge in [-0.1, -0.05) is 19.9 Å². The molecule has 6 rings (SSSR count). The number of hydrogen-bond acceptors (Lipinski definition) is 4. The predicted molar refractivity (Wildman–Crippen MR) is 129 cm³/mol. The first-order valence-electron chi connectivity index (χ1n) is 12.9. The summed E-state index contributed by atoms with van der Waals surface area (Å²) < 4.78 is 5.32. The SMILES string of the molecule is COc1ccc(N2CC=C3[C@@H](C[C@H]4[C@@H]5CC[C@H]6N(C)C(=O)CC[C@]6(C)[C@H]5CC[C@]34C)O2)cc1. The van der Waals surface area contributed by atoms with Crippen LogP contribution in [-0.2, 0) is 9.63 Å². The minimum atomic E-state index is 0.190. The van der Waals surface area contributed by atoms with Gasteiger partial charge >= 0.3 is 0 Å². The molecule has 0 unspecified atom stereocenters. The molecule has 5 nitrogen and oxygen atoms in total. The molecule has 33 heavy (non-hydrogen) atoms. The molecule has 7 atom stereocenters. The second-order valence-electron chi connectivity index (χ2n) is 11.7. The molecule has 5 aliphatic rings. The van der Waals surface area contributed by atoms with Crippen molar-refractivity contribution in [1.29, 1.82) is 0 Å². The molecule has 1 aromatic rings. The molecular formula is C28H38N2O3. The first-order valence-corrected chi connectivity index (χ1v) is 12.9. The normalized spacial score (nSPS) is 42.1. The second kappa shape index (κ2) is 7.49. The third-order valence-electron chi connectivity index (χ3n) is 10.5. The van der Waals surface area contributed by atoms with E-state index in [0.29, 0.717) is 17.9 Å². The number of hydrogen-bond donors (Lipinski definition) is 0. The quantitative estimate of drug-likeness (QED) is 0.580. The Kier molecular flexibility index (Phi) is 4.89. The summed E-state index contributed by atoms with van der Waals surface area (Å²) in [6, 6.07) is 8.60. The minimum Gasteiger partial charge on any atom is -0.497 e. The molecule has 3 saturated carbocycles.